The molecule has 1 heterocycles. The second-order valence-corrected chi connectivity index (χ2v) is 5.00. The van der Waals surface area contributed by atoms with Gasteiger partial charge in [-0.1, -0.05) is 6.07 Å². The van der Waals surface area contributed by atoms with Crippen LogP contribution in [0, 0.1) is 56.2 Å². The van der Waals surface area contributed by atoms with Crippen molar-refractivity contribution in [2.45, 2.75) is 12.3 Å². The van der Waals surface area contributed by atoms with E-state index in [-0.39, 0.29) is 0 Å². The molecule has 1 saturated carbocycles. The van der Waals surface area contributed by atoms with Crippen LogP contribution in [-0.4, -0.2) is 0 Å². The van der Waals surface area contributed by atoms with Gasteiger partial charge in [0.25, 0.3) is 0 Å². The number of hydrogen-bond acceptors (Lipinski definition) is 5. The van der Waals surface area contributed by atoms with Gasteiger partial charge in [0.1, 0.15) is 0 Å². The predicted molar refractivity (Wildman–Crippen MR) is 59.0 cm³/mol. The lowest BCUT2D eigenvalue weighted by atomic mass is 9.95. The number of nitriles is 4. The summed E-state index contributed by atoms with van der Waals surface area (Å²) in [5.74, 6) is 0. The van der Waals surface area contributed by atoms with Crippen LogP contribution in [0.5, 0.6) is 0 Å². The van der Waals surface area contributed by atoms with Crippen molar-refractivity contribution in [3.8, 4) is 24.3 Å². The first-order valence-corrected chi connectivity index (χ1v) is 5.67. The van der Waals surface area contributed by atoms with Gasteiger partial charge in [0.15, 0.2) is 10.8 Å². The summed E-state index contributed by atoms with van der Waals surface area (Å²) in [5, 5.41) is 38.7. The summed E-state index contributed by atoms with van der Waals surface area (Å²) in [4.78, 5) is 0.726. The van der Waals surface area contributed by atoms with Crippen LogP contribution >= 0.6 is 11.3 Å². The van der Waals surface area contributed by atoms with E-state index in [1.54, 1.807) is 24.4 Å². The molecule has 4 nitrogen and oxygen atoms in total. The minimum Gasteiger partial charge on any atom is -0.196 e. The van der Waals surface area contributed by atoms with Crippen molar-refractivity contribution < 1.29 is 0 Å². The van der Waals surface area contributed by atoms with E-state index in [1.165, 1.54) is 11.3 Å². The van der Waals surface area contributed by atoms with Crippen LogP contribution in [0.15, 0.2) is 17.5 Å². The zero-order chi connectivity index (χ0) is 12.7. The Labute approximate surface area is 103 Å². The number of thiophene rings is 1. The zero-order valence-corrected chi connectivity index (χ0v) is 9.75. The van der Waals surface area contributed by atoms with E-state index in [0.717, 1.165) is 4.88 Å². The van der Waals surface area contributed by atoms with Gasteiger partial charge in [-0.3, -0.25) is 0 Å². The van der Waals surface area contributed by atoms with Crippen molar-refractivity contribution in [3.63, 3.8) is 0 Å². The van der Waals surface area contributed by atoms with Crippen LogP contribution in [0.4, 0.5) is 0 Å². The average molecular weight is 238 g/mol. The van der Waals surface area contributed by atoms with E-state index in [2.05, 4.69) is 0 Å². The van der Waals surface area contributed by atoms with E-state index < -0.39 is 16.2 Å². The van der Waals surface area contributed by atoms with Crippen molar-refractivity contribution in [3.05, 3.63) is 22.4 Å². The van der Waals surface area contributed by atoms with Crippen LogP contribution < -0.4 is 0 Å². The third kappa shape index (κ3) is 0.818. The second kappa shape index (κ2) is 3.08. The summed E-state index contributed by atoms with van der Waals surface area (Å²) in [6.07, 6.45) is 0. The lowest BCUT2D eigenvalue weighted by molar-refractivity contribution is 0.666. The van der Waals surface area contributed by atoms with Gasteiger partial charge >= 0.3 is 0 Å². The molecule has 0 aromatic carbocycles. The molecule has 0 bridgehead atoms. The highest BCUT2D eigenvalue weighted by molar-refractivity contribution is 7.10. The Kier molecular flexibility index (Phi) is 2.02. The molecule has 0 unspecified atom stereocenters. The highest BCUT2D eigenvalue weighted by Crippen LogP contribution is 2.77. The third-order valence-electron chi connectivity index (χ3n) is 3.68. The lowest BCUT2D eigenvalue weighted by Crippen LogP contribution is -2.11. The Bertz CT molecular complexity index is 564. The Hall–Kier alpha value is -2.34. The van der Waals surface area contributed by atoms with Crippen molar-refractivity contribution in [2.24, 2.45) is 10.8 Å². The molecule has 2 rings (SSSR count). The normalized spacial score (nSPS) is 21.2. The van der Waals surface area contributed by atoms with Crippen LogP contribution in [0.1, 0.15) is 11.8 Å². The molecule has 0 spiro atoms. The van der Waals surface area contributed by atoms with Gasteiger partial charge in [0, 0.05) is 4.88 Å². The molecule has 1 aliphatic rings. The van der Waals surface area contributed by atoms with Crippen molar-refractivity contribution >= 4 is 11.3 Å². The maximum Gasteiger partial charge on any atom is 0.189 e. The maximum absolute atomic E-state index is 9.22. The number of rotatable bonds is 1. The maximum atomic E-state index is 9.22. The fourth-order valence-corrected chi connectivity index (χ4v) is 3.49. The second-order valence-electron chi connectivity index (χ2n) is 4.05. The van der Waals surface area contributed by atoms with Crippen LogP contribution in [-0.2, 0) is 5.41 Å². The fraction of sp³-hybridized carbons (Fsp3) is 0.333. The summed E-state index contributed by atoms with van der Waals surface area (Å²) in [6.45, 7) is 1.64. The molecule has 0 radical (unpaired) electrons. The monoisotopic (exact) mass is 238 g/mol. The molecule has 1 aromatic rings. The van der Waals surface area contributed by atoms with Crippen LogP contribution in [0.2, 0.25) is 0 Å². The summed E-state index contributed by atoms with van der Waals surface area (Å²) < 4.78 is 0. The van der Waals surface area contributed by atoms with Crippen LogP contribution in [0.3, 0.4) is 0 Å². The van der Waals surface area contributed by atoms with Gasteiger partial charge in [-0.25, -0.2) is 0 Å². The topological polar surface area (TPSA) is 95.2 Å². The summed E-state index contributed by atoms with van der Waals surface area (Å²) in [7, 11) is 0. The van der Waals surface area contributed by atoms with Gasteiger partial charge in [0.05, 0.1) is 29.7 Å². The molecular weight excluding hydrogens is 232 g/mol. The van der Waals surface area contributed by atoms with Crippen molar-refractivity contribution in [1.82, 2.24) is 0 Å². The molecule has 0 amide bonds. The van der Waals surface area contributed by atoms with Gasteiger partial charge in [-0.15, -0.1) is 11.3 Å². The minimum absolute atomic E-state index is 0.726. The Morgan fingerprint density at radius 3 is 1.76 bits per heavy atom. The smallest absolute Gasteiger partial charge is 0.189 e. The van der Waals surface area contributed by atoms with E-state index in [0.29, 0.717) is 0 Å². The van der Waals surface area contributed by atoms with Crippen molar-refractivity contribution in [1.29, 1.82) is 21.0 Å². The highest BCUT2D eigenvalue weighted by Gasteiger charge is 2.90. The Morgan fingerprint density at radius 2 is 1.47 bits per heavy atom. The van der Waals surface area contributed by atoms with Gasteiger partial charge in [0.2, 0.25) is 0 Å². The molecule has 0 saturated heterocycles. The van der Waals surface area contributed by atoms with Crippen molar-refractivity contribution in [2.75, 3.05) is 0 Å². The SMILES string of the molecule is CC1(c2cccs2)C(C#N)(C#N)C1(C#N)C#N. The molecule has 17 heavy (non-hydrogen) atoms. The van der Waals surface area contributed by atoms with Gasteiger partial charge in [-0.05, 0) is 18.4 Å². The Balaban J connectivity index is 2.76. The fourth-order valence-electron chi connectivity index (χ4n) is 2.48. The molecule has 1 fully saturated rings. The third-order valence-corrected chi connectivity index (χ3v) is 4.78. The molecule has 1 aliphatic carbocycles. The summed E-state index contributed by atoms with van der Waals surface area (Å²) >= 11 is 1.35. The first kappa shape index (κ1) is 11.2. The molecule has 0 aliphatic heterocycles. The summed E-state index contributed by atoms with van der Waals surface area (Å²) in [6, 6.07) is 11.0. The van der Waals surface area contributed by atoms with E-state index in [4.69, 9.17) is 0 Å². The number of hydrogen-bond donors (Lipinski definition) is 0. The number of nitrogens with zero attached hydrogens (tertiary/aromatic N) is 4. The molecular formula is C12H6N4S. The molecule has 5 heteroatoms. The molecule has 0 atom stereocenters. The first-order chi connectivity index (χ1) is 8.10. The standard InChI is InChI=1S/C12H6N4S/c1-10(9-3-2-4-17-9)11(5-13,6-14)12(10,7-15)8-16/h2-4H,1H3. The predicted octanol–water partition coefficient (Wildman–Crippen LogP) is 2.09. The zero-order valence-electron chi connectivity index (χ0n) is 8.93. The van der Waals surface area contributed by atoms with E-state index >= 15 is 0 Å². The average Bonchev–Trinajstić information content (AvgIpc) is 2.75. The van der Waals surface area contributed by atoms with E-state index in [1.807, 2.05) is 24.3 Å². The molecule has 80 valence electrons. The molecule has 0 N–H and O–H groups in total. The first-order valence-electron chi connectivity index (χ1n) is 4.79. The van der Waals surface area contributed by atoms with E-state index in [9.17, 15) is 21.0 Å². The van der Waals surface area contributed by atoms with Gasteiger partial charge in [-0.2, -0.15) is 21.0 Å². The van der Waals surface area contributed by atoms with Crippen LogP contribution in [0.25, 0.3) is 0 Å². The summed E-state index contributed by atoms with van der Waals surface area (Å²) in [5.41, 5.74) is -4.18. The minimum atomic E-state index is -1.58. The van der Waals surface area contributed by atoms with Gasteiger partial charge < -0.3 is 0 Å². The molecule has 1 aromatic heterocycles. The Morgan fingerprint density at radius 1 is 1.00 bits per heavy atom. The quantitative estimate of drug-likeness (QED) is 0.748. The lowest BCUT2D eigenvalue weighted by Gasteiger charge is -2.07. The largest absolute Gasteiger partial charge is 0.196 e. The highest BCUT2D eigenvalue weighted by atomic mass is 32.1.